The van der Waals surface area contributed by atoms with Gasteiger partial charge in [-0.05, 0) is 99.4 Å². The largest absolute Gasteiger partial charge is 0.496 e. The molecule has 1 aromatic heterocycles. The van der Waals surface area contributed by atoms with Crippen LogP contribution in [0.3, 0.4) is 0 Å². The van der Waals surface area contributed by atoms with Gasteiger partial charge >= 0.3 is 17.9 Å². The van der Waals surface area contributed by atoms with Crippen molar-refractivity contribution >= 4 is 40.3 Å². The van der Waals surface area contributed by atoms with Crippen molar-refractivity contribution in [2.24, 2.45) is 11.3 Å². The minimum Gasteiger partial charge on any atom is -0.496 e. The number of esters is 3. The van der Waals surface area contributed by atoms with Crippen LogP contribution in [0.25, 0.3) is 10.9 Å². The van der Waals surface area contributed by atoms with Crippen molar-refractivity contribution in [3.8, 4) is 5.75 Å². The number of piperidine rings is 1. The monoisotopic (exact) mass is 852 g/mol. The van der Waals surface area contributed by atoms with Crippen LogP contribution in [0.5, 0.6) is 5.75 Å². The quantitative estimate of drug-likeness (QED) is 0.164. The van der Waals surface area contributed by atoms with Crippen molar-refractivity contribution < 1.29 is 48.3 Å². The average molecular weight is 853 g/mol. The van der Waals surface area contributed by atoms with Gasteiger partial charge in [-0.3, -0.25) is 19.3 Å². The first kappa shape index (κ1) is 42.4. The van der Waals surface area contributed by atoms with E-state index in [4.69, 9.17) is 18.9 Å². The molecule has 332 valence electrons. The second kappa shape index (κ2) is 14.6. The molecule has 6 heterocycles. The highest BCUT2D eigenvalue weighted by molar-refractivity contribution is 6.00. The fraction of sp³-hybridized carbons (Fsp3) is 0.583. The molecule has 0 amide bonds. The molecule has 1 unspecified atom stereocenters. The predicted molar refractivity (Wildman–Crippen MR) is 230 cm³/mol. The number of ketones is 1. The first-order valence-electron chi connectivity index (χ1n) is 22.1. The van der Waals surface area contributed by atoms with Crippen LogP contribution in [-0.4, -0.2) is 133 Å². The molecule has 2 aromatic carbocycles. The molecule has 3 fully saturated rings. The Hall–Kier alpha value is -4.92. The number of rotatable bonds is 8. The smallest absolute Gasteiger partial charge is 0.344 e. The summed E-state index contributed by atoms with van der Waals surface area (Å²) in [5.41, 5.74) is -1.74. The number of hydrogen-bond donors (Lipinski definition) is 3. The van der Waals surface area contributed by atoms with Crippen LogP contribution in [0.4, 0.5) is 5.69 Å². The molecular formula is C48H60N4O10. The number of nitrogens with one attached hydrogen (secondary N) is 1. The molecule has 5 aliphatic heterocycles. The number of anilines is 1. The van der Waals surface area contributed by atoms with Crippen LogP contribution >= 0.6 is 0 Å². The predicted octanol–water partition coefficient (Wildman–Crippen LogP) is 4.54. The molecule has 3 aromatic rings. The number of carbonyl (C=O) groups excluding carboxylic acids is 4. The Bertz CT molecular complexity index is 2410. The molecule has 0 radical (unpaired) electrons. The SMILES string of the molecule is CC[C@]1(O)C[C@H]2CN(CCc3c([nH]c4ccc(C(C)=O)cc34)[C@@](C(=O)OC)(c3cc4c(cc3OC)N(C)[C@H]3[C@@](O)(C(=O)OC)[C@H](OC(C)=O)[C@]5(CC)CC=CN6CC[C@]43[C@@H]65)C2)C1. The van der Waals surface area contributed by atoms with Crippen LogP contribution in [0.1, 0.15) is 99.0 Å². The van der Waals surface area contributed by atoms with Crippen LogP contribution in [-0.2, 0) is 45.8 Å². The number of nitrogens with zero attached hydrogens (tertiary/aromatic N) is 3. The highest BCUT2D eigenvalue weighted by Crippen LogP contribution is 2.69. The Morgan fingerprint density at radius 2 is 1.68 bits per heavy atom. The van der Waals surface area contributed by atoms with Gasteiger partial charge in [0, 0.05) is 96.5 Å². The van der Waals surface area contributed by atoms with E-state index in [9.17, 15) is 24.6 Å². The Balaban J connectivity index is 1.37. The molecule has 2 saturated heterocycles. The van der Waals surface area contributed by atoms with E-state index in [0.717, 1.165) is 22.0 Å². The van der Waals surface area contributed by atoms with Crippen LogP contribution < -0.4 is 9.64 Å². The third-order valence-corrected chi connectivity index (χ3v) is 16.2. The van der Waals surface area contributed by atoms with Gasteiger partial charge in [0.2, 0.25) is 5.60 Å². The maximum absolute atomic E-state index is 15.4. The highest BCUT2D eigenvalue weighted by Gasteiger charge is 2.80. The summed E-state index contributed by atoms with van der Waals surface area (Å²) in [5, 5.41) is 26.2. The maximum atomic E-state index is 15.4. The van der Waals surface area contributed by atoms with Gasteiger partial charge in [0.15, 0.2) is 11.9 Å². The van der Waals surface area contributed by atoms with Gasteiger partial charge in [0.1, 0.15) is 11.2 Å². The Morgan fingerprint density at radius 1 is 0.919 bits per heavy atom. The van der Waals surface area contributed by atoms with E-state index in [2.05, 4.69) is 27.1 Å². The summed E-state index contributed by atoms with van der Waals surface area (Å²) in [6.45, 7) is 9.22. The van der Waals surface area contributed by atoms with Crippen LogP contribution in [0.2, 0.25) is 0 Å². The zero-order valence-electron chi connectivity index (χ0n) is 37.1. The third-order valence-electron chi connectivity index (χ3n) is 16.2. The van der Waals surface area contributed by atoms with Gasteiger partial charge < -0.3 is 43.9 Å². The summed E-state index contributed by atoms with van der Waals surface area (Å²) in [4.78, 5) is 66.0. The number of aliphatic hydroxyl groups is 2. The van der Waals surface area contributed by atoms with E-state index in [1.165, 1.54) is 21.1 Å². The van der Waals surface area contributed by atoms with Crippen LogP contribution in [0.15, 0.2) is 42.6 Å². The van der Waals surface area contributed by atoms with Gasteiger partial charge in [-0.25, -0.2) is 4.79 Å². The fourth-order valence-electron chi connectivity index (χ4n) is 13.8. The minimum absolute atomic E-state index is 0.0726. The van der Waals surface area contributed by atoms with Crippen molar-refractivity contribution in [3.05, 3.63) is 70.6 Å². The number of Topliss-reactive ketones (excluding diaryl/α,β-unsaturated/α-hetero) is 1. The van der Waals surface area contributed by atoms with Gasteiger partial charge in [0.25, 0.3) is 0 Å². The Morgan fingerprint density at radius 3 is 2.34 bits per heavy atom. The van der Waals surface area contributed by atoms with Gasteiger partial charge in [-0.1, -0.05) is 19.9 Å². The molecule has 10 atom stereocenters. The first-order chi connectivity index (χ1) is 29.5. The second-order valence-electron chi connectivity index (χ2n) is 19.0. The molecule has 3 N–H and O–H groups in total. The Labute approximate surface area is 362 Å². The lowest BCUT2D eigenvalue weighted by molar-refractivity contribution is -0.235. The molecular weight excluding hydrogens is 793 g/mol. The molecule has 14 nitrogen and oxygen atoms in total. The molecule has 1 aliphatic carbocycles. The fourth-order valence-corrected chi connectivity index (χ4v) is 13.8. The number of fused-ring (bicyclic) bond motifs is 6. The summed E-state index contributed by atoms with van der Waals surface area (Å²) in [7, 11) is 6.06. The molecule has 9 rings (SSSR count). The molecule has 1 saturated carbocycles. The third kappa shape index (κ3) is 5.50. The normalized spacial score (nSPS) is 35.4. The second-order valence-corrected chi connectivity index (χ2v) is 19.0. The van der Waals surface area contributed by atoms with E-state index in [1.54, 1.807) is 20.1 Å². The topological polar surface area (TPSA) is 171 Å². The summed E-state index contributed by atoms with van der Waals surface area (Å²) >= 11 is 0. The first-order valence-corrected chi connectivity index (χ1v) is 22.1. The number of ether oxygens (including phenoxy) is 4. The van der Waals surface area contributed by atoms with Gasteiger partial charge in [-0.2, -0.15) is 0 Å². The molecule has 14 heteroatoms. The summed E-state index contributed by atoms with van der Waals surface area (Å²) in [6.07, 6.45) is 6.10. The van der Waals surface area contributed by atoms with E-state index < -0.39 is 57.5 Å². The number of aromatic nitrogens is 1. The summed E-state index contributed by atoms with van der Waals surface area (Å²) in [5.74, 6) is -1.83. The number of hydrogen-bond acceptors (Lipinski definition) is 13. The van der Waals surface area contributed by atoms with Crippen molar-refractivity contribution in [2.75, 3.05) is 59.5 Å². The lowest BCUT2D eigenvalue weighted by Gasteiger charge is -2.64. The number of carbonyl (C=O) groups is 4. The standard InChI is InChI=1S/C48H60N4O10/c1-9-44(57)23-29-24-47(42(55)60-7,38-31(14-18-51(25-29)26-44)32-20-30(27(3)53)12-13-35(32)49-38)34-21-33-36(22-37(34)59-6)50(5)40-46(33)16-19-52-17-11-15-45(10-2,39(46)52)41(62-28(4)54)48(40,58)43(56)61-8/h11-13,17,20-22,29,39-41,49,57-58H,9-10,14-16,18-19,23-26H2,1-8H3/t29-,39+,40-,41-,44+,45-,46-,47+,48+/m1/s1. The number of H-pyrrole nitrogens is 1. The molecule has 2 bridgehead atoms. The number of methoxy groups -OCH3 is 3. The number of benzene rings is 2. The van der Waals surface area contributed by atoms with E-state index in [0.29, 0.717) is 93.0 Å². The Kier molecular flexibility index (Phi) is 9.96. The number of likely N-dealkylation sites (N-methyl/N-ethyl adjacent to an activating group) is 1. The van der Waals surface area contributed by atoms with E-state index in [-0.39, 0.29) is 24.2 Å². The number of allylic oxidation sites excluding steroid dienone is 1. The van der Waals surface area contributed by atoms with Gasteiger partial charge in [0.05, 0.1) is 33.0 Å². The summed E-state index contributed by atoms with van der Waals surface area (Å²) in [6, 6.07) is 8.26. The maximum Gasteiger partial charge on any atom is 0.344 e. The molecule has 6 aliphatic rings. The zero-order chi connectivity index (χ0) is 44.3. The van der Waals surface area contributed by atoms with Crippen molar-refractivity contribution in [3.63, 3.8) is 0 Å². The van der Waals surface area contributed by atoms with Crippen molar-refractivity contribution in [1.29, 1.82) is 0 Å². The zero-order valence-corrected chi connectivity index (χ0v) is 37.1. The van der Waals surface area contributed by atoms with Gasteiger partial charge in [-0.15, -0.1) is 0 Å². The molecule has 62 heavy (non-hydrogen) atoms. The average Bonchev–Trinajstić information content (AvgIpc) is 3.92. The highest BCUT2D eigenvalue weighted by atomic mass is 16.6. The van der Waals surface area contributed by atoms with Crippen molar-refractivity contribution in [2.45, 2.75) is 113 Å². The van der Waals surface area contributed by atoms with E-state index >= 15 is 4.79 Å². The lowest BCUT2D eigenvalue weighted by atomic mass is 9.47. The molecule has 1 spiro atoms. The lowest BCUT2D eigenvalue weighted by Crippen LogP contribution is -2.81. The minimum atomic E-state index is -2.32. The van der Waals surface area contributed by atoms with Crippen molar-refractivity contribution in [1.82, 2.24) is 14.8 Å². The summed E-state index contributed by atoms with van der Waals surface area (Å²) < 4.78 is 24.0. The van der Waals surface area contributed by atoms with Crippen LogP contribution in [0, 0.1) is 11.3 Å². The van der Waals surface area contributed by atoms with E-state index in [1.807, 2.05) is 50.1 Å². The number of aromatic amines is 1.